The fourth-order valence-electron chi connectivity index (χ4n) is 3.32. The van der Waals surface area contributed by atoms with E-state index in [9.17, 15) is 20.0 Å². The first kappa shape index (κ1) is 19.1. The van der Waals surface area contributed by atoms with Gasteiger partial charge in [0, 0.05) is 11.8 Å². The molecule has 0 atom stereocenters. The molecular weight excluding hydrogens is 356 g/mol. The summed E-state index contributed by atoms with van der Waals surface area (Å²) in [5.41, 5.74) is 4.15. The Morgan fingerprint density at radius 1 is 1.11 bits per heavy atom. The summed E-state index contributed by atoms with van der Waals surface area (Å²) in [4.78, 5) is 27.2. The molecule has 0 amide bonds. The van der Waals surface area contributed by atoms with Crippen LogP contribution in [0.25, 0.3) is 22.0 Å². The number of carbonyl (C=O) groups is 2. The van der Waals surface area contributed by atoms with Crippen LogP contribution in [0.5, 0.6) is 5.75 Å². The van der Waals surface area contributed by atoms with Crippen LogP contribution in [0, 0.1) is 25.2 Å². The molecule has 3 aromatic rings. The quantitative estimate of drug-likeness (QED) is 0.649. The number of nitrogens with zero attached hydrogens (tertiary/aromatic N) is 2. The highest BCUT2D eigenvalue weighted by Crippen LogP contribution is 2.34. The van der Waals surface area contributed by atoms with Gasteiger partial charge in [-0.2, -0.15) is 5.26 Å². The predicted octanol–water partition coefficient (Wildman–Crippen LogP) is 4.14. The van der Waals surface area contributed by atoms with Crippen molar-refractivity contribution in [2.75, 3.05) is 0 Å². The van der Waals surface area contributed by atoms with Gasteiger partial charge in [-0.25, -0.2) is 4.98 Å². The van der Waals surface area contributed by atoms with Crippen molar-refractivity contribution < 1.29 is 19.8 Å². The minimum absolute atomic E-state index is 0.0447. The zero-order valence-electron chi connectivity index (χ0n) is 15.5. The molecule has 3 rings (SSSR count). The van der Waals surface area contributed by atoms with Crippen LogP contribution >= 0.6 is 0 Å². The lowest BCUT2D eigenvalue weighted by Gasteiger charge is -2.13. The first-order chi connectivity index (χ1) is 13.3. The van der Waals surface area contributed by atoms with Crippen LogP contribution in [0.4, 0.5) is 0 Å². The van der Waals surface area contributed by atoms with Crippen molar-refractivity contribution in [1.82, 2.24) is 4.98 Å². The summed E-state index contributed by atoms with van der Waals surface area (Å²) >= 11 is 0. The maximum Gasteiger partial charge on any atom is 0.303 e. The number of hydrogen-bond donors (Lipinski definition) is 2. The number of benzene rings is 2. The summed E-state index contributed by atoms with van der Waals surface area (Å²) in [6, 6.07) is 13.2. The molecule has 0 aliphatic heterocycles. The van der Waals surface area contributed by atoms with Gasteiger partial charge in [-0.1, -0.05) is 24.3 Å². The lowest BCUT2D eigenvalue weighted by Crippen LogP contribution is -2.07. The number of carboxylic acid groups (broad SMARTS) is 1. The van der Waals surface area contributed by atoms with Crippen molar-refractivity contribution in [3.63, 3.8) is 0 Å². The van der Waals surface area contributed by atoms with E-state index in [2.05, 4.69) is 4.98 Å². The first-order valence-corrected chi connectivity index (χ1v) is 8.72. The summed E-state index contributed by atoms with van der Waals surface area (Å²) in [6.45, 7) is 4.00. The molecule has 0 radical (unpaired) electrons. The van der Waals surface area contributed by atoms with E-state index in [4.69, 9.17) is 5.11 Å². The van der Waals surface area contributed by atoms with Gasteiger partial charge < -0.3 is 10.2 Å². The number of aliphatic carboxylic acids is 1. The van der Waals surface area contributed by atoms with Gasteiger partial charge >= 0.3 is 5.97 Å². The number of aryl methyl sites for hydroxylation is 2. The summed E-state index contributed by atoms with van der Waals surface area (Å²) < 4.78 is 0. The summed E-state index contributed by atoms with van der Waals surface area (Å²) in [7, 11) is 0. The van der Waals surface area contributed by atoms with Crippen molar-refractivity contribution in [2.45, 2.75) is 26.7 Å². The number of fused-ring (bicyclic) bond motifs is 1. The zero-order valence-corrected chi connectivity index (χ0v) is 15.5. The molecule has 0 saturated carbocycles. The van der Waals surface area contributed by atoms with Gasteiger partial charge in [-0.15, -0.1) is 0 Å². The first-order valence-electron chi connectivity index (χ1n) is 8.72. The molecule has 1 heterocycles. The predicted molar refractivity (Wildman–Crippen MR) is 104 cm³/mol. The molecule has 0 bridgehead atoms. The topological polar surface area (TPSA) is 111 Å². The van der Waals surface area contributed by atoms with Crippen LogP contribution in [0.2, 0.25) is 0 Å². The second-order valence-electron chi connectivity index (χ2n) is 6.61. The third-order valence-corrected chi connectivity index (χ3v) is 4.67. The van der Waals surface area contributed by atoms with Gasteiger partial charge in [0.1, 0.15) is 17.3 Å². The fraction of sp³-hybridized carbons (Fsp3) is 0.182. The Hall–Kier alpha value is -3.72. The maximum absolute atomic E-state index is 12.3. The number of aromatic nitrogens is 1. The van der Waals surface area contributed by atoms with Gasteiger partial charge in [-0.3, -0.25) is 9.59 Å². The monoisotopic (exact) mass is 374 g/mol. The number of hydrogen-bond acceptors (Lipinski definition) is 5. The molecule has 28 heavy (non-hydrogen) atoms. The number of ketones is 1. The number of aromatic hydroxyl groups is 1. The molecule has 0 fully saturated rings. The molecule has 6 nitrogen and oxygen atoms in total. The van der Waals surface area contributed by atoms with Gasteiger partial charge in [-0.05, 0) is 48.2 Å². The number of carboxylic acids is 1. The van der Waals surface area contributed by atoms with Gasteiger partial charge in [0.05, 0.1) is 11.9 Å². The molecule has 0 spiro atoms. The Morgan fingerprint density at radius 3 is 2.39 bits per heavy atom. The molecule has 2 aromatic carbocycles. The van der Waals surface area contributed by atoms with E-state index in [-0.39, 0.29) is 24.1 Å². The fourth-order valence-corrected chi connectivity index (χ4v) is 3.32. The Labute approximate surface area is 161 Å². The average molecular weight is 374 g/mol. The van der Waals surface area contributed by atoms with Gasteiger partial charge in [0.2, 0.25) is 0 Å². The highest BCUT2D eigenvalue weighted by Gasteiger charge is 2.21. The molecular formula is C22H18N2O4. The van der Waals surface area contributed by atoms with Crippen molar-refractivity contribution in [3.05, 3.63) is 58.8 Å². The minimum Gasteiger partial charge on any atom is -0.504 e. The third-order valence-electron chi connectivity index (χ3n) is 4.67. The maximum atomic E-state index is 12.3. The Kier molecular flexibility index (Phi) is 5.10. The molecule has 0 aliphatic carbocycles. The number of Topliss-reactive ketones (excluding diaryl/α,β-unsaturated/α-hetero) is 1. The van der Waals surface area contributed by atoms with E-state index < -0.39 is 17.5 Å². The van der Waals surface area contributed by atoms with Gasteiger partial charge in [0.15, 0.2) is 11.5 Å². The highest BCUT2D eigenvalue weighted by atomic mass is 16.4. The SMILES string of the molecule is Cc1cccc(C)c1-c1ccc2nc(C(=O)CCC(=O)O)c(O)c(C#N)c2c1. The van der Waals surface area contributed by atoms with Crippen LogP contribution < -0.4 is 0 Å². The zero-order chi connectivity index (χ0) is 20.4. The number of nitriles is 1. The second-order valence-corrected chi connectivity index (χ2v) is 6.61. The van der Waals surface area contributed by atoms with Crippen LogP contribution in [-0.2, 0) is 4.79 Å². The number of carbonyl (C=O) groups excluding carboxylic acids is 1. The normalized spacial score (nSPS) is 10.6. The molecule has 6 heteroatoms. The average Bonchev–Trinajstić information content (AvgIpc) is 2.65. The molecule has 140 valence electrons. The molecule has 1 aromatic heterocycles. The largest absolute Gasteiger partial charge is 0.504 e. The van der Waals surface area contributed by atoms with E-state index >= 15 is 0 Å². The Bertz CT molecular complexity index is 1140. The van der Waals surface area contributed by atoms with Crippen molar-refractivity contribution in [2.24, 2.45) is 0 Å². The number of rotatable bonds is 5. The summed E-state index contributed by atoms with van der Waals surface area (Å²) in [6.07, 6.45) is -0.669. The lowest BCUT2D eigenvalue weighted by atomic mass is 9.93. The molecule has 0 aliphatic rings. The van der Waals surface area contributed by atoms with Crippen LogP contribution in [0.3, 0.4) is 0 Å². The minimum atomic E-state index is -1.12. The standard InChI is InChI=1S/C22H18N2O4/c1-12-4-3-5-13(2)20(12)14-6-7-17-15(10-14)16(11-23)22(28)21(24-17)18(25)8-9-19(26)27/h3-7,10,28H,8-9H2,1-2H3,(H,26,27). The van der Waals surface area contributed by atoms with E-state index in [1.54, 1.807) is 12.1 Å². The second kappa shape index (κ2) is 7.49. The lowest BCUT2D eigenvalue weighted by molar-refractivity contribution is -0.136. The van der Waals surface area contributed by atoms with Crippen molar-refractivity contribution in [3.8, 4) is 22.9 Å². The van der Waals surface area contributed by atoms with Crippen LogP contribution in [-0.4, -0.2) is 26.9 Å². The van der Waals surface area contributed by atoms with Crippen LogP contribution in [0.1, 0.15) is 40.0 Å². The summed E-state index contributed by atoms with van der Waals surface area (Å²) in [5.74, 6) is -2.24. The van der Waals surface area contributed by atoms with Crippen LogP contribution in [0.15, 0.2) is 36.4 Å². The van der Waals surface area contributed by atoms with E-state index in [1.807, 2.05) is 44.2 Å². The Morgan fingerprint density at radius 2 is 1.79 bits per heavy atom. The van der Waals surface area contributed by atoms with Crippen molar-refractivity contribution >= 4 is 22.7 Å². The van der Waals surface area contributed by atoms with Gasteiger partial charge in [0.25, 0.3) is 0 Å². The van der Waals surface area contributed by atoms with E-state index in [0.717, 1.165) is 22.3 Å². The smallest absolute Gasteiger partial charge is 0.303 e. The van der Waals surface area contributed by atoms with E-state index in [1.165, 1.54) is 0 Å². The molecule has 0 unspecified atom stereocenters. The number of pyridine rings is 1. The third kappa shape index (κ3) is 3.42. The molecule has 0 saturated heterocycles. The van der Waals surface area contributed by atoms with Crippen molar-refractivity contribution in [1.29, 1.82) is 5.26 Å². The molecule has 2 N–H and O–H groups in total. The van der Waals surface area contributed by atoms with E-state index in [0.29, 0.717) is 10.9 Å². The Balaban J connectivity index is 2.18. The summed E-state index contributed by atoms with van der Waals surface area (Å²) in [5, 5.41) is 29.2. The highest BCUT2D eigenvalue weighted by molar-refractivity contribution is 6.03.